The van der Waals surface area contributed by atoms with Crippen LogP contribution in [0, 0.1) is 6.92 Å². The normalized spacial score (nSPS) is 13.0. The molecule has 0 aromatic carbocycles. The Labute approximate surface area is 78.4 Å². The zero-order chi connectivity index (χ0) is 8.43. The average molecular weight is 258 g/mol. The van der Waals surface area contributed by atoms with Gasteiger partial charge in [0.15, 0.2) is 5.75 Å². The van der Waals surface area contributed by atoms with Crippen LogP contribution in [0.25, 0.3) is 0 Å². The lowest BCUT2D eigenvalue weighted by atomic mass is 10.5. The molecule has 1 aromatic heterocycles. The minimum atomic E-state index is -2.28. The minimum absolute atomic E-state index is 0.329. The molecule has 0 aliphatic carbocycles. The second-order valence-corrected chi connectivity index (χ2v) is 4.36. The first-order valence-electron chi connectivity index (χ1n) is 2.52. The molecule has 1 N–H and O–H groups in total. The summed E-state index contributed by atoms with van der Waals surface area (Å²) in [6.07, 6.45) is 0. The Morgan fingerprint density at radius 1 is 1.82 bits per heavy atom. The van der Waals surface area contributed by atoms with E-state index in [9.17, 15) is 4.21 Å². The molecule has 0 aliphatic rings. The lowest BCUT2D eigenvalue weighted by molar-refractivity contribution is 0.455. The van der Waals surface area contributed by atoms with Crippen LogP contribution < -0.4 is 4.18 Å². The third kappa shape index (κ3) is 2.22. The molecule has 0 amide bonds. The van der Waals surface area contributed by atoms with Gasteiger partial charge in [-0.25, -0.2) is 0 Å². The van der Waals surface area contributed by atoms with Crippen molar-refractivity contribution in [3.8, 4) is 5.75 Å². The Balaban J connectivity index is 2.92. The number of aryl methyl sites for hydroxylation is 1. The van der Waals surface area contributed by atoms with Gasteiger partial charge in [-0.1, -0.05) is 0 Å². The topological polar surface area (TPSA) is 59.4 Å². The van der Waals surface area contributed by atoms with Crippen molar-refractivity contribution in [2.45, 2.75) is 6.92 Å². The summed E-state index contributed by atoms with van der Waals surface area (Å²) in [7, 11) is 0. The summed E-state index contributed by atoms with van der Waals surface area (Å²) in [4.78, 5) is 0. The summed E-state index contributed by atoms with van der Waals surface area (Å²) in [5, 5.41) is 0. The van der Waals surface area contributed by atoms with Gasteiger partial charge in [-0.05, 0) is 34.4 Å². The quantitative estimate of drug-likeness (QED) is 0.820. The first-order valence-corrected chi connectivity index (χ1v) is 5.12. The molecule has 1 rings (SSSR count). The highest BCUT2D eigenvalue weighted by Gasteiger charge is 2.11. The van der Waals surface area contributed by atoms with Crippen molar-refractivity contribution in [3.05, 3.63) is 9.48 Å². The molecule has 1 heterocycles. The summed E-state index contributed by atoms with van der Waals surface area (Å²) >= 11 is 2.02. The van der Waals surface area contributed by atoms with E-state index in [0.717, 1.165) is 0 Å². The Kier molecular flexibility index (Phi) is 2.99. The van der Waals surface area contributed by atoms with Crippen molar-refractivity contribution in [2.75, 3.05) is 0 Å². The number of nitrogens with zero attached hydrogens (tertiary/aromatic N) is 1. The fourth-order valence-electron chi connectivity index (χ4n) is 0.498. The van der Waals surface area contributed by atoms with Gasteiger partial charge in [0.05, 0.1) is 5.69 Å². The number of hydrogen-bond donors (Lipinski definition) is 1. The zero-order valence-corrected chi connectivity index (χ0v) is 8.62. The van der Waals surface area contributed by atoms with Crippen LogP contribution in [0.2, 0.25) is 0 Å². The van der Waals surface area contributed by atoms with Crippen LogP contribution in [0.4, 0.5) is 0 Å². The molecule has 11 heavy (non-hydrogen) atoms. The maximum absolute atomic E-state index is 10.2. The molecular formula is C4H4BrNO3S2. The zero-order valence-electron chi connectivity index (χ0n) is 5.41. The summed E-state index contributed by atoms with van der Waals surface area (Å²) in [5.74, 6) is 0.329. The van der Waals surface area contributed by atoms with Crippen LogP contribution in [0.5, 0.6) is 5.75 Å². The molecule has 1 aromatic rings. The first kappa shape index (κ1) is 9.11. The Hall–Kier alpha value is 0.0200. The van der Waals surface area contributed by atoms with E-state index in [1.54, 1.807) is 6.92 Å². The highest BCUT2D eigenvalue weighted by atomic mass is 79.9. The van der Waals surface area contributed by atoms with Crippen molar-refractivity contribution in [1.29, 1.82) is 0 Å². The van der Waals surface area contributed by atoms with Gasteiger partial charge in [0.2, 0.25) is 0 Å². The van der Waals surface area contributed by atoms with Gasteiger partial charge in [0.1, 0.15) is 3.79 Å². The van der Waals surface area contributed by atoms with Crippen molar-refractivity contribution < 1.29 is 12.9 Å². The van der Waals surface area contributed by atoms with E-state index in [1.807, 2.05) is 0 Å². The second kappa shape index (κ2) is 3.61. The van der Waals surface area contributed by atoms with E-state index in [1.165, 1.54) is 11.5 Å². The number of halogens is 1. The molecule has 0 fully saturated rings. The van der Waals surface area contributed by atoms with Crippen LogP contribution in [0.1, 0.15) is 5.69 Å². The molecular weight excluding hydrogens is 254 g/mol. The first-order chi connectivity index (χ1) is 5.11. The highest BCUT2D eigenvalue weighted by Crippen LogP contribution is 2.32. The molecule has 1 atom stereocenters. The van der Waals surface area contributed by atoms with E-state index in [2.05, 4.69) is 24.5 Å². The van der Waals surface area contributed by atoms with Crippen molar-refractivity contribution >= 4 is 38.8 Å². The summed E-state index contributed by atoms with van der Waals surface area (Å²) < 4.78 is 27.7. The molecule has 62 valence electrons. The minimum Gasteiger partial charge on any atom is -0.376 e. The highest BCUT2D eigenvalue weighted by molar-refractivity contribution is 9.11. The van der Waals surface area contributed by atoms with Crippen LogP contribution >= 0.6 is 27.5 Å². The SMILES string of the molecule is Cc1nsc(Br)c1OS(=O)O. The second-order valence-electron chi connectivity index (χ2n) is 1.67. The van der Waals surface area contributed by atoms with E-state index in [4.69, 9.17) is 4.55 Å². The van der Waals surface area contributed by atoms with Gasteiger partial charge >= 0.3 is 11.4 Å². The van der Waals surface area contributed by atoms with Crippen molar-refractivity contribution in [2.24, 2.45) is 0 Å². The largest absolute Gasteiger partial charge is 0.376 e. The monoisotopic (exact) mass is 257 g/mol. The third-order valence-electron chi connectivity index (χ3n) is 0.924. The predicted molar refractivity (Wildman–Crippen MR) is 46.0 cm³/mol. The lowest BCUT2D eigenvalue weighted by Gasteiger charge is -1.96. The van der Waals surface area contributed by atoms with E-state index >= 15 is 0 Å². The number of aromatic nitrogens is 1. The van der Waals surface area contributed by atoms with Gasteiger partial charge in [-0.3, -0.25) is 4.55 Å². The lowest BCUT2D eigenvalue weighted by Crippen LogP contribution is -1.97. The molecule has 1 unspecified atom stereocenters. The molecule has 0 aliphatic heterocycles. The summed E-state index contributed by atoms with van der Waals surface area (Å²) in [6, 6.07) is 0. The fraction of sp³-hybridized carbons (Fsp3) is 0.250. The Bertz CT molecular complexity index is 267. The van der Waals surface area contributed by atoms with Gasteiger partial charge in [0.25, 0.3) is 0 Å². The molecule has 7 heteroatoms. The molecule has 4 nitrogen and oxygen atoms in total. The van der Waals surface area contributed by atoms with Crippen LogP contribution in [0.15, 0.2) is 3.79 Å². The van der Waals surface area contributed by atoms with Crippen LogP contribution in [-0.2, 0) is 11.4 Å². The number of rotatable bonds is 2. The molecule has 0 radical (unpaired) electrons. The molecule has 0 saturated heterocycles. The summed E-state index contributed by atoms with van der Waals surface area (Å²) in [5.41, 5.74) is 0.601. The van der Waals surface area contributed by atoms with E-state index in [0.29, 0.717) is 15.2 Å². The van der Waals surface area contributed by atoms with Crippen LogP contribution in [0.3, 0.4) is 0 Å². The Morgan fingerprint density at radius 2 is 2.45 bits per heavy atom. The Morgan fingerprint density at radius 3 is 2.82 bits per heavy atom. The van der Waals surface area contributed by atoms with Gasteiger partial charge in [-0.2, -0.15) is 8.58 Å². The maximum Gasteiger partial charge on any atom is 0.357 e. The third-order valence-corrected chi connectivity index (χ3v) is 2.74. The van der Waals surface area contributed by atoms with Gasteiger partial charge < -0.3 is 4.18 Å². The number of hydrogen-bond acceptors (Lipinski definition) is 4. The summed E-state index contributed by atoms with van der Waals surface area (Å²) in [6.45, 7) is 1.70. The molecule has 0 spiro atoms. The standard InChI is InChI=1S/C4H4BrNO3S2/c1-2-3(9-11(7)8)4(5)10-6-2/h1H3,(H,7,8). The molecule has 0 bridgehead atoms. The van der Waals surface area contributed by atoms with Crippen molar-refractivity contribution in [3.63, 3.8) is 0 Å². The van der Waals surface area contributed by atoms with Gasteiger partial charge in [-0.15, -0.1) is 0 Å². The van der Waals surface area contributed by atoms with E-state index < -0.39 is 11.4 Å². The van der Waals surface area contributed by atoms with Crippen LogP contribution in [-0.4, -0.2) is 13.1 Å². The van der Waals surface area contributed by atoms with Crippen molar-refractivity contribution in [1.82, 2.24) is 4.37 Å². The average Bonchev–Trinajstić information content (AvgIpc) is 2.18. The van der Waals surface area contributed by atoms with Gasteiger partial charge in [0, 0.05) is 0 Å². The predicted octanol–water partition coefficient (Wildman–Crippen LogP) is 1.73. The smallest absolute Gasteiger partial charge is 0.357 e. The maximum atomic E-state index is 10.2. The molecule has 0 saturated carbocycles. The fourth-order valence-corrected chi connectivity index (χ4v) is 2.16. The van der Waals surface area contributed by atoms with E-state index in [-0.39, 0.29) is 0 Å².